The molecule has 0 spiro atoms. The van der Waals surface area contributed by atoms with Crippen molar-refractivity contribution in [2.45, 2.75) is 32.1 Å². The lowest BCUT2D eigenvalue weighted by molar-refractivity contribution is 0.817. The van der Waals surface area contributed by atoms with E-state index in [2.05, 4.69) is 48.5 Å². The SMILES string of the molecule is c1ccc2c(c1)CCCc1ccccc1CC2. The Morgan fingerprint density at radius 1 is 0.471 bits per heavy atom. The van der Waals surface area contributed by atoms with Gasteiger partial charge in [-0.2, -0.15) is 0 Å². The first-order valence-electron chi connectivity index (χ1n) is 6.57. The predicted octanol–water partition coefficient (Wildman–Crippen LogP) is 3.96. The molecule has 0 heteroatoms. The fraction of sp³-hybridized carbons (Fsp3) is 0.294. The second-order valence-corrected chi connectivity index (χ2v) is 4.89. The zero-order valence-electron chi connectivity index (χ0n) is 10.2. The van der Waals surface area contributed by atoms with E-state index in [0.717, 1.165) is 0 Å². The van der Waals surface area contributed by atoms with E-state index >= 15 is 0 Å². The van der Waals surface area contributed by atoms with Gasteiger partial charge in [0.15, 0.2) is 0 Å². The summed E-state index contributed by atoms with van der Waals surface area (Å²) in [6.07, 6.45) is 6.10. The standard InChI is InChI=1S/C17H18/c1-3-8-16-12-13-17-9-4-2-7-15(17)11-5-10-14(16)6-1/h1-4,6-9H,5,10-13H2. The van der Waals surface area contributed by atoms with E-state index in [-0.39, 0.29) is 0 Å². The van der Waals surface area contributed by atoms with Crippen molar-refractivity contribution in [3.63, 3.8) is 0 Å². The predicted molar refractivity (Wildman–Crippen MR) is 72.3 cm³/mol. The Labute approximate surface area is 103 Å². The first-order chi connectivity index (χ1) is 8.43. The maximum absolute atomic E-state index is 2.30. The Morgan fingerprint density at radius 3 is 1.24 bits per heavy atom. The van der Waals surface area contributed by atoms with E-state index in [1.165, 1.54) is 32.1 Å². The minimum absolute atomic E-state index is 1.19. The molecule has 86 valence electrons. The van der Waals surface area contributed by atoms with Crippen LogP contribution in [0.1, 0.15) is 28.7 Å². The second-order valence-electron chi connectivity index (χ2n) is 4.89. The number of fused-ring (bicyclic) bond motifs is 2. The van der Waals surface area contributed by atoms with Crippen LogP contribution in [0.15, 0.2) is 48.5 Å². The van der Waals surface area contributed by atoms with Gasteiger partial charge in [-0.15, -0.1) is 0 Å². The average molecular weight is 222 g/mol. The molecule has 0 aliphatic heterocycles. The van der Waals surface area contributed by atoms with Crippen molar-refractivity contribution in [1.29, 1.82) is 0 Å². The van der Waals surface area contributed by atoms with Crippen LogP contribution in [0.4, 0.5) is 0 Å². The molecule has 1 aliphatic rings. The molecular formula is C17H18. The molecule has 0 bridgehead atoms. The molecule has 0 atom stereocenters. The van der Waals surface area contributed by atoms with Crippen LogP contribution < -0.4 is 0 Å². The van der Waals surface area contributed by atoms with Crippen molar-refractivity contribution in [3.05, 3.63) is 70.8 Å². The number of aryl methyl sites for hydroxylation is 4. The van der Waals surface area contributed by atoms with Crippen LogP contribution in [0.3, 0.4) is 0 Å². The molecule has 0 unspecified atom stereocenters. The lowest BCUT2D eigenvalue weighted by atomic mass is 9.98. The monoisotopic (exact) mass is 222 g/mol. The molecule has 3 rings (SSSR count). The number of hydrogen-bond donors (Lipinski definition) is 0. The quantitative estimate of drug-likeness (QED) is 0.633. The van der Waals surface area contributed by atoms with E-state index in [1.807, 2.05) is 0 Å². The smallest absolute Gasteiger partial charge is 0.0235 e. The summed E-state index contributed by atoms with van der Waals surface area (Å²) < 4.78 is 0. The van der Waals surface area contributed by atoms with Crippen LogP contribution in [-0.2, 0) is 25.7 Å². The van der Waals surface area contributed by atoms with Crippen molar-refractivity contribution in [2.24, 2.45) is 0 Å². The van der Waals surface area contributed by atoms with E-state index in [4.69, 9.17) is 0 Å². The molecule has 0 aromatic heterocycles. The summed E-state index contributed by atoms with van der Waals surface area (Å²) in [5, 5.41) is 0. The molecule has 0 saturated carbocycles. The summed E-state index contributed by atoms with van der Waals surface area (Å²) in [6.45, 7) is 0. The van der Waals surface area contributed by atoms with E-state index in [9.17, 15) is 0 Å². The Kier molecular flexibility index (Phi) is 2.96. The minimum Gasteiger partial charge on any atom is -0.0620 e. The normalized spacial score (nSPS) is 15.1. The molecule has 2 aromatic carbocycles. The minimum atomic E-state index is 1.19. The molecule has 0 N–H and O–H groups in total. The summed E-state index contributed by atoms with van der Waals surface area (Å²) >= 11 is 0. The first-order valence-corrected chi connectivity index (χ1v) is 6.57. The third kappa shape index (κ3) is 2.26. The maximum Gasteiger partial charge on any atom is -0.0235 e. The van der Waals surface area contributed by atoms with Gasteiger partial charge in [0.25, 0.3) is 0 Å². The summed E-state index contributed by atoms with van der Waals surface area (Å²) in [5.74, 6) is 0. The largest absolute Gasteiger partial charge is 0.0620 e. The third-order valence-electron chi connectivity index (χ3n) is 3.79. The first kappa shape index (κ1) is 10.6. The van der Waals surface area contributed by atoms with Crippen molar-refractivity contribution in [1.82, 2.24) is 0 Å². The lowest BCUT2D eigenvalue weighted by Crippen LogP contribution is -1.96. The summed E-state index contributed by atoms with van der Waals surface area (Å²) in [5.41, 5.74) is 6.20. The van der Waals surface area contributed by atoms with Gasteiger partial charge in [-0.3, -0.25) is 0 Å². The molecule has 1 aliphatic carbocycles. The second kappa shape index (κ2) is 4.75. The van der Waals surface area contributed by atoms with Crippen LogP contribution in [0.2, 0.25) is 0 Å². The van der Waals surface area contributed by atoms with Gasteiger partial charge in [0, 0.05) is 0 Å². The zero-order chi connectivity index (χ0) is 11.5. The van der Waals surface area contributed by atoms with Gasteiger partial charge in [-0.25, -0.2) is 0 Å². The van der Waals surface area contributed by atoms with Crippen molar-refractivity contribution in [2.75, 3.05) is 0 Å². The molecule has 2 aromatic rings. The fourth-order valence-corrected chi connectivity index (χ4v) is 2.83. The van der Waals surface area contributed by atoms with Crippen molar-refractivity contribution < 1.29 is 0 Å². The number of hydrogen-bond acceptors (Lipinski definition) is 0. The van der Waals surface area contributed by atoms with Gasteiger partial charge >= 0.3 is 0 Å². The van der Waals surface area contributed by atoms with E-state index in [1.54, 1.807) is 22.3 Å². The molecule has 0 radical (unpaired) electrons. The van der Waals surface area contributed by atoms with Gasteiger partial charge in [0.2, 0.25) is 0 Å². The van der Waals surface area contributed by atoms with Crippen LogP contribution >= 0.6 is 0 Å². The highest BCUT2D eigenvalue weighted by Gasteiger charge is 2.08. The third-order valence-corrected chi connectivity index (χ3v) is 3.79. The van der Waals surface area contributed by atoms with Gasteiger partial charge in [-0.05, 0) is 54.4 Å². The zero-order valence-corrected chi connectivity index (χ0v) is 10.2. The maximum atomic E-state index is 2.30. The lowest BCUT2D eigenvalue weighted by Gasteiger charge is -2.07. The number of rotatable bonds is 0. The average Bonchev–Trinajstić information content (AvgIpc) is 2.47. The number of benzene rings is 2. The topological polar surface area (TPSA) is 0 Å². The van der Waals surface area contributed by atoms with Gasteiger partial charge in [0.1, 0.15) is 0 Å². The summed E-state index contributed by atoms with van der Waals surface area (Å²) in [7, 11) is 0. The highest BCUT2D eigenvalue weighted by Crippen LogP contribution is 2.21. The highest BCUT2D eigenvalue weighted by atomic mass is 14.1. The van der Waals surface area contributed by atoms with Crippen LogP contribution in [-0.4, -0.2) is 0 Å². The van der Waals surface area contributed by atoms with Gasteiger partial charge in [-0.1, -0.05) is 48.5 Å². The van der Waals surface area contributed by atoms with Crippen molar-refractivity contribution in [3.8, 4) is 0 Å². The summed E-state index contributed by atoms with van der Waals surface area (Å²) in [4.78, 5) is 0. The van der Waals surface area contributed by atoms with Crippen LogP contribution in [0.25, 0.3) is 0 Å². The van der Waals surface area contributed by atoms with Crippen molar-refractivity contribution >= 4 is 0 Å². The Hall–Kier alpha value is -1.56. The Bertz CT molecular complexity index is 463. The van der Waals surface area contributed by atoms with Gasteiger partial charge in [0.05, 0.1) is 0 Å². The van der Waals surface area contributed by atoms with E-state index < -0.39 is 0 Å². The molecule has 0 nitrogen and oxygen atoms in total. The van der Waals surface area contributed by atoms with E-state index in [0.29, 0.717) is 0 Å². The molecule has 0 fully saturated rings. The van der Waals surface area contributed by atoms with Gasteiger partial charge < -0.3 is 0 Å². The molecule has 0 saturated heterocycles. The molecule has 0 heterocycles. The van der Waals surface area contributed by atoms with Crippen LogP contribution in [0, 0.1) is 0 Å². The Morgan fingerprint density at radius 2 is 0.824 bits per heavy atom. The molecular weight excluding hydrogens is 204 g/mol. The van der Waals surface area contributed by atoms with Crippen LogP contribution in [0.5, 0.6) is 0 Å². The summed E-state index contributed by atoms with van der Waals surface area (Å²) in [6, 6.07) is 17.9. The highest BCUT2D eigenvalue weighted by molar-refractivity contribution is 5.33. The Balaban J connectivity index is 1.94. The molecule has 0 amide bonds. The fourth-order valence-electron chi connectivity index (χ4n) is 2.83. The molecule has 17 heavy (non-hydrogen) atoms.